The molecule has 0 fully saturated rings. The summed E-state index contributed by atoms with van der Waals surface area (Å²) >= 11 is 0. The summed E-state index contributed by atoms with van der Waals surface area (Å²) in [5.74, 6) is 1.04. The highest BCUT2D eigenvalue weighted by Crippen LogP contribution is 2.39. The van der Waals surface area contributed by atoms with Gasteiger partial charge in [-0.3, -0.25) is 0 Å². The van der Waals surface area contributed by atoms with Crippen LogP contribution in [0.15, 0.2) is 115 Å². The van der Waals surface area contributed by atoms with Gasteiger partial charge in [0.1, 0.15) is 18.1 Å². The van der Waals surface area contributed by atoms with Crippen LogP contribution in [0.25, 0.3) is 10.9 Å². The van der Waals surface area contributed by atoms with Crippen molar-refractivity contribution in [3.8, 4) is 11.5 Å². The zero-order chi connectivity index (χ0) is 26.4. The van der Waals surface area contributed by atoms with E-state index in [0.29, 0.717) is 19.0 Å². The van der Waals surface area contributed by atoms with Gasteiger partial charge in [-0.1, -0.05) is 72.8 Å². The van der Waals surface area contributed by atoms with Crippen LogP contribution in [-0.2, 0) is 21.7 Å². The third kappa shape index (κ3) is 5.28. The maximum Gasteiger partial charge on any atom is 0.344 e. The van der Waals surface area contributed by atoms with Crippen molar-refractivity contribution in [1.29, 1.82) is 0 Å². The highest BCUT2D eigenvalue weighted by Gasteiger charge is 2.32. The fraction of sp³-hybridized carbons (Fsp3) is 0.182. The molecule has 5 rings (SSSR count). The number of carbonyl (C=O) groups excluding carboxylic acids is 1. The van der Waals surface area contributed by atoms with Crippen molar-refractivity contribution in [2.45, 2.75) is 26.0 Å². The molecule has 0 N–H and O–H groups in total. The van der Waals surface area contributed by atoms with Crippen LogP contribution in [0.5, 0.6) is 11.5 Å². The molecule has 0 amide bonds. The Labute approximate surface area is 223 Å². The van der Waals surface area contributed by atoms with Gasteiger partial charge >= 0.3 is 5.97 Å². The van der Waals surface area contributed by atoms with E-state index >= 15 is 0 Å². The smallest absolute Gasteiger partial charge is 0.344 e. The van der Waals surface area contributed by atoms with Gasteiger partial charge in [0.15, 0.2) is 6.61 Å². The van der Waals surface area contributed by atoms with Gasteiger partial charge in [0.2, 0.25) is 0 Å². The maximum absolute atomic E-state index is 11.7. The summed E-state index contributed by atoms with van der Waals surface area (Å²) in [4.78, 5) is 11.7. The lowest BCUT2D eigenvalue weighted by Gasteiger charge is -2.34. The quantitative estimate of drug-likeness (QED) is 0.192. The molecular formula is C33H31NO4. The molecule has 4 aromatic carbocycles. The lowest BCUT2D eigenvalue weighted by Crippen LogP contribution is -2.32. The van der Waals surface area contributed by atoms with Crippen molar-refractivity contribution < 1.29 is 19.0 Å². The topological polar surface area (TPSA) is 49.7 Å². The van der Waals surface area contributed by atoms with Crippen LogP contribution in [0.1, 0.15) is 30.5 Å². The first-order valence-corrected chi connectivity index (χ1v) is 12.8. The zero-order valence-electron chi connectivity index (χ0n) is 21.7. The Balaban J connectivity index is 1.51. The van der Waals surface area contributed by atoms with Gasteiger partial charge in [0.25, 0.3) is 0 Å². The largest absolute Gasteiger partial charge is 0.489 e. The minimum Gasteiger partial charge on any atom is -0.489 e. The number of benzene rings is 4. The lowest BCUT2D eigenvalue weighted by atomic mass is 9.84. The summed E-state index contributed by atoms with van der Waals surface area (Å²) in [5.41, 5.74) is 3.87. The van der Waals surface area contributed by atoms with E-state index in [4.69, 9.17) is 14.2 Å². The highest BCUT2D eigenvalue weighted by atomic mass is 16.6. The molecule has 38 heavy (non-hydrogen) atoms. The Morgan fingerprint density at radius 2 is 1.53 bits per heavy atom. The van der Waals surface area contributed by atoms with Crippen LogP contribution in [0.2, 0.25) is 0 Å². The average molecular weight is 506 g/mol. The second-order valence-corrected chi connectivity index (χ2v) is 9.24. The lowest BCUT2D eigenvalue weighted by molar-refractivity contribution is -0.145. The van der Waals surface area contributed by atoms with E-state index < -0.39 is 5.54 Å². The number of fused-ring (bicyclic) bond motifs is 1. The minimum absolute atomic E-state index is 0.118. The van der Waals surface area contributed by atoms with Crippen molar-refractivity contribution in [3.05, 3.63) is 132 Å². The van der Waals surface area contributed by atoms with Crippen molar-refractivity contribution in [3.63, 3.8) is 0 Å². The Morgan fingerprint density at radius 3 is 2.32 bits per heavy atom. The second-order valence-electron chi connectivity index (χ2n) is 9.24. The first-order valence-electron chi connectivity index (χ1n) is 12.8. The van der Waals surface area contributed by atoms with Gasteiger partial charge in [-0.2, -0.15) is 0 Å². The van der Waals surface area contributed by atoms with E-state index in [1.54, 1.807) is 6.92 Å². The van der Waals surface area contributed by atoms with E-state index in [1.807, 2.05) is 54.6 Å². The fourth-order valence-corrected chi connectivity index (χ4v) is 4.77. The Hall–Kier alpha value is -4.51. The molecule has 5 heteroatoms. The number of para-hydroxylation sites is 1. The van der Waals surface area contributed by atoms with Crippen LogP contribution < -0.4 is 9.47 Å². The second kappa shape index (κ2) is 11.3. The van der Waals surface area contributed by atoms with E-state index in [9.17, 15) is 4.79 Å². The summed E-state index contributed by atoms with van der Waals surface area (Å²) < 4.78 is 19.1. The molecule has 1 atom stereocenters. The molecule has 0 saturated heterocycles. The number of aromatic nitrogens is 1. The zero-order valence-corrected chi connectivity index (χ0v) is 21.7. The number of hydrogen-bond acceptors (Lipinski definition) is 4. The average Bonchev–Trinajstić information content (AvgIpc) is 3.41. The van der Waals surface area contributed by atoms with Crippen LogP contribution in [0, 0.1) is 0 Å². The summed E-state index contributed by atoms with van der Waals surface area (Å²) in [6.45, 7) is 4.70. The van der Waals surface area contributed by atoms with E-state index in [1.165, 1.54) is 5.39 Å². The van der Waals surface area contributed by atoms with Crippen LogP contribution >= 0.6 is 0 Å². The molecule has 0 aliphatic rings. The molecule has 1 heterocycles. The van der Waals surface area contributed by atoms with E-state index in [-0.39, 0.29) is 12.6 Å². The van der Waals surface area contributed by atoms with Crippen LogP contribution in [0.3, 0.4) is 0 Å². The molecule has 0 bridgehead atoms. The number of ether oxygens (including phenoxy) is 3. The molecule has 5 aromatic rings. The SMILES string of the molecule is CCOC(=O)COc1ccc(C(C)(c2cccc(OCc3ccccc3)c2)n2ccc3ccccc32)cc1. The number of hydrogen-bond donors (Lipinski definition) is 0. The molecule has 5 nitrogen and oxygen atoms in total. The number of nitrogens with zero attached hydrogens (tertiary/aromatic N) is 1. The number of rotatable bonds is 10. The predicted molar refractivity (Wildman–Crippen MR) is 150 cm³/mol. The van der Waals surface area contributed by atoms with E-state index in [0.717, 1.165) is 28.0 Å². The molecule has 0 aliphatic carbocycles. The van der Waals surface area contributed by atoms with Crippen LogP contribution in [0.4, 0.5) is 0 Å². The van der Waals surface area contributed by atoms with Crippen molar-refractivity contribution in [2.24, 2.45) is 0 Å². The van der Waals surface area contributed by atoms with Crippen molar-refractivity contribution in [1.82, 2.24) is 4.57 Å². The molecule has 1 aromatic heterocycles. The van der Waals surface area contributed by atoms with Gasteiger partial charge < -0.3 is 18.8 Å². The standard InChI is InChI=1S/C33H31NO4/c1-3-36-32(35)24-38-29-18-16-27(17-19-29)33(2,34-21-20-26-12-7-8-15-31(26)34)28-13-9-14-30(22-28)37-23-25-10-5-4-6-11-25/h4-22H,3,23-24H2,1-2H3. The summed E-state index contributed by atoms with van der Waals surface area (Å²) in [5, 5.41) is 1.17. The highest BCUT2D eigenvalue weighted by molar-refractivity contribution is 5.81. The minimum atomic E-state index is -0.547. The maximum atomic E-state index is 11.7. The summed E-state index contributed by atoms with van der Waals surface area (Å²) in [6.07, 6.45) is 2.13. The van der Waals surface area contributed by atoms with Crippen LogP contribution in [-0.4, -0.2) is 23.8 Å². The van der Waals surface area contributed by atoms with Gasteiger partial charge in [0, 0.05) is 11.7 Å². The summed E-state index contributed by atoms with van der Waals surface area (Å²) in [6, 6.07) is 36.8. The molecule has 192 valence electrons. The first kappa shape index (κ1) is 25.2. The van der Waals surface area contributed by atoms with Gasteiger partial charge in [-0.25, -0.2) is 4.79 Å². The molecule has 1 unspecified atom stereocenters. The van der Waals surface area contributed by atoms with Gasteiger partial charge in [-0.15, -0.1) is 0 Å². The fourth-order valence-electron chi connectivity index (χ4n) is 4.77. The first-order chi connectivity index (χ1) is 18.6. The predicted octanol–water partition coefficient (Wildman–Crippen LogP) is 6.97. The molecule has 0 spiro atoms. The third-order valence-corrected chi connectivity index (χ3v) is 6.80. The Morgan fingerprint density at radius 1 is 0.763 bits per heavy atom. The molecule has 0 aliphatic heterocycles. The van der Waals surface area contributed by atoms with Crippen molar-refractivity contribution in [2.75, 3.05) is 13.2 Å². The van der Waals surface area contributed by atoms with Gasteiger partial charge in [-0.05, 0) is 72.3 Å². The molecule has 0 radical (unpaired) electrons. The number of carbonyl (C=O) groups is 1. The number of esters is 1. The normalized spacial score (nSPS) is 12.6. The Kier molecular flexibility index (Phi) is 7.45. The molecular weight excluding hydrogens is 474 g/mol. The molecule has 0 saturated carbocycles. The monoisotopic (exact) mass is 505 g/mol. The third-order valence-electron chi connectivity index (χ3n) is 6.80. The summed E-state index contributed by atoms with van der Waals surface area (Å²) in [7, 11) is 0. The van der Waals surface area contributed by atoms with E-state index in [2.05, 4.69) is 72.3 Å². The van der Waals surface area contributed by atoms with Crippen molar-refractivity contribution >= 4 is 16.9 Å². The van der Waals surface area contributed by atoms with Gasteiger partial charge in [0.05, 0.1) is 12.1 Å². The Bertz CT molecular complexity index is 1510.